The Balaban J connectivity index is 1.51. The maximum absolute atomic E-state index is 13.1. The second-order valence-electron chi connectivity index (χ2n) is 5.49. The summed E-state index contributed by atoms with van der Waals surface area (Å²) in [6.07, 6.45) is 1.32. The molecule has 1 unspecified atom stereocenters. The van der Waals surface area contributed by atoms with Crippen LogP contribution >= 0.6 is 0 Å². The van der Waals surface area contributed by atoms with E-state index in [1.54, 1.807) is 6.07 Å². The second-order valence-corrected chi connectivity index (χ2v) is 5.49. The first kappa shape index (κ1) is 14.6. The molecule has 1 amide bonds. The van der Waals surface area contributed by atoms with Crippen LogP contribution in [0.2, 0.25) is 0 Å². The zero-order valence-electron chi connectivity index (χ0n) is 12.2. The summed E-state index contributed by atoms with van der Waals surface area (Å²) in [6.45, 7) is 0.906. The lowest BCUT2D eigenvalue weighted by Gasteiger charge is -2.24. The third-order valence-corrected chi connectivity index (χ3v) is 3.85. The molecule has 2 aromatic carbocycles. The van der Waals surface area contributed by atoms with Crippen LogP contribution in [0.25, 0.3) is 0 Å². The molecule has 114 valence electrons. The van der Waals surface area contributed by atoms with Crippen molar-refractivity contribution < 1.29 is 13.9 Å². The molecular formula is C18H18FNO2. The summed E-state index contributed by atoms with van der Waals surface area (Å²) in [6, 6.07) is 14.2. The molecule has 0 radical (unpaired) electrons. The summed E-state index contributed by atoms with van der Waals surface area (Å²) < 4.78 is 18.7. The van der Waals surface area contributed by atoms with Crippen LogP contribution in [0.15, 0.2) is 48.5 Å². The second kappa shape index (κ2) is 6.60. The van der Waals surface area contributed by atoms with E-state index in [1.807, 2.05) is 30.3 Å². The predicted octanol–water partition coefficient (Wildman–Crippen LogP) is 2.74. The summed E-state index contributed by atoms with van der Waals surface area (Å²) in [5, 5.41) is 2.91. The van der Waals surface area contributed by atoms with Crippen molar-refractivity contribution >= 4 is 5.91 Å². The Labute approximate surface area is 129 Å². The molecule has 1 N–H and O–H groups in total. The topological polar surface area (TPSA) is 38.3 Å². The Morgan fingerprint density at radius 2 is 2.09 bits per heavy atom. The summed E-state index contributed by atoms with van der Waals surface area (Å²) in [4.78, 5) is 12.2. The molecule has 0 spiro atoms. The van der Waals surface area contributed by atoms with E-state index in [0.29, 0.717) is 26.0 Å². The molecular weight excluding hydrogens is 281 g/mol. The van der Waals surface area contributed by atoms with Gasteiger partial charge in [0.2, 0.25) is 5.91 Å². The molecule has 0 aliphatic carbocycles. The fraction of sp³-hybridized carbons (Fsp3) is 0.278. The SMILES string of the molecule is O=C(NCCc1cccc(F)c1)C1COc2ccccc2C1. The van der Waals surface area contributed by atoms with Crippen molar-refractivity contribution in [2.75, 3.05) is 13.2 Å². The number of carbonyl (C=O) groups excluding carboxylic acids is 1. The molecule has 4 heteroatoms. The lowest BCUT2D eigenvalue weighted by atomic mass is 9.96. The average Bonchev–Trinajstić information content (AvgIpc) is 2.54. The number of hydrogen-bond donors (Lipinski definition) is 1. The molecule has 1 heterocycles. The van der Waals surface area contributed by atoms with Gasteiger partial charge in [-0.15, -0.1) is 0 Å². The third-order valence-electron chi connectivity index (χ3n) is 3.85. The number of para-hydroxylation sites is 1. The molecule has 3 nitrogen and oxygen atoms in total. The normalized spacial score (nSPS) is 16.5. The van der Waals surface area contributed by atoms with Crippen LogP contribution in [0, 0.1) is 11.7 Å². The number of hydrogen-bond acceptors (Lipinski definition) is 2. The highest BCUT2D eigenvalue weighted by Gasteiger charge is 2.25. The van der Waals surface area contributed by atoms with Crippen molar-refractivity contribution in [1.29, 1.82) is 0 Å². The van der Waals surface area contributed by atoms with Crippen LogP contribution in [0.5, 0.6) is 5.75 Å². The van der Waals surface area contributed by atoms with Gasteiger partial charge < -0.3 is 10.1 Å². The van der Waals surface area contributed by atoms with Crippen molar-refractivity contribution in [3.05, 3.63) is 65.5 Å². The fourth-order valence-corrected chi connectivity index (χ4v) is 2.66. The van der Waals surface area contributed by atoms with Gasteiger partial charge in [-0.1, -0.05) is 30.3 Å². The number of halogens is 1. The Hall–Kier alpha value is -2.36. The molecule has 0 bridgehead atoms. The predicted molar refractivity (Wildman–Crippen MR) is 82.2 cm³/mol. The van der Waals surface area contributed by atoms with E-state index >= 15 is 0 Å². The molecule has 1 aliphatic heterocycles. The van der Waals surface area contributed by atoms with Gasteiger partial charge in [-0.3, -0.25) is 4.79 Å². The van der Waals surface area contributed by atoms with E-state index < -0.39 is 0 Å². The minimum absolute atomic E-state index is 0.00842. The van der Waals surface area contributed by atoms with E-state index in [2.05, 4.69) is 5.32 Å². The monoisotopic (exact) mass is 299 g/mol. The molecule has 22 heavy (non-hydrogen) atoms. The largest absolute Gasteiger partial charge is 0.492 e. The molecule has 2 aromatic rings. The zero-order valence-corrected chi connectivity index (χ0v) is 12.2. The Kier molecular flexibility index (Phi) is 4.37. The Bertz CT molecular complexity index is 672. The highest BCUT2D eigenvalue weighted by Crippen LogP contribution is 2.26. The minimum atomic E-state index is -0.249. The first-order valence-electron chi connectivity index (χ1n) is 7.45. The zero-order chi connectivity index (χ0) is 15.4. The third kappa shape index (κ3) is 3.45. The number of rotatable bonds is 4. The number of ether oxygens (including phenoxy) is 1. The van der Waals surface area contributed by atoms with E-state index in [-0.39, 0.29) is 17.6 Å². The average molecular weight is 299 g/mol. The smallest absolute Gasteiger partial charge is 0.226 e. The molecule has 0 fully saturated rings. The van der Waals surface area contributed by atoms with E-state index in [9.17, 15) is 9.18 Å². The van der Waals surface area contributed by atoms with Crippen molar-refractivity contribution in [1.82, 2.24) is 5.32 Å². The van der Waals surface area contributed by atoms with Crippen molar-refractivity contribution in [3.63, 3.8) is 0 Å². The van der Waals surface area contributed by atoms with Gasteiger partial charge in [0, 0.05) is 6.54 Å². The maximum Gasteiger partial charge on any atom is 0.226 e. The Morgan fingerprint density at radius 3 is 2.95 bits per heavy atom. The van der Waals surface area contributed by atoms with Gasteiger partial charge in [0.05, 0.1) is 5.92 Å². The maximum atomic E-state index is 13.1. The van der Waals surface area contributed by atoms with E-state index in [4.69, 9.17) is 4.74 Å². The van der Waals surface area contributed by atoms with Crippen molar-refractivity contribution in [3.8, 4) is 5.75 Å². The van der Waals surface area contributed by atoms with Gasteiger partial charge >= 0.3 is 0 Å². The van der Waals surface area contributed by atoms with E-state index in [1.165, 1.54) is 12.1 Å². The Morgan fingerprint density at radius 1 is 1.23 bits per heavy atom. The van der Waals surface area contributed by atoms with Gasteiger partial charge in [-0.05, 0) is 42.2 Å². The quantitative estimate of drug-likeness (QED) is 0.942. The lowest BCUT2D eigenvalue weighted by Crippen LogP contribution is -2.38. The summed E-state index contributed by atoms with van der Waals surface area (Å²) in [7, 11) is 0. The molecule has 0 saturated carbocycles. The standard InChI is InChI=1S/C18H18FNO2/c19-16-6-3-4-13(10-16)8-9-20-18(21)15-11-14-5-1-2-7-17(14)22-12-15/h1-7,10,15H,8-9,11-12H2,(H,20,21). The van der Waals surface area contributed by atoms with Gasteiger partial charge in [-0.2, -0.15) is 0 Å². The molecule has 1 aliphatic rings. The number of amides is 1. The van der Waals surface area contributed by atoms with Crippen LogP contribution in [0.3, 0.4) is 0 Å². The fourth-order valence-electron chi connectivity index (χ4n) is 2.66. The summed E-state index contributed by atoms with van der Waals surface area (Å²) in [5.74, 6) is 0.445. The van der Waals surface area contributed by atoms with Gasteiger partial charge in [-0.25, -0.2) is 4.39 Å². The van der Waals surface area contributed by atoms with Crippen molar-refractivity contribution in [2.24, 2.45) is 5.92 Å². The van der Waals surface area contributed by atoms with Crippen LogP contribution < -0.4 is 10.1 Å². The number of fused-ring (bicyclic) bond motifs is 1. The van der Waals surface area contributed by atoms with Crippen molar-refractivity contribution in [2.45, 2.75) is 12.8 Å². The minimum Gasteiger partial charge on any atom is -0.492 e. The first-order chi connectivity index (χ1) is 10.7. The lowest BCUT2D eigenvalue weighted by molar-refractivity contribution is -0.126. The van der Waals surface area contributed by atoms with Gasteiger partial charge in [0.15, 0.2) is 0 Å². The molecule has 0 aromatic heterocycles. The molecule has 0 saturated heterocycles. The number of benzene rings is 2. The highest BCUT2D eigenvalue weighted by atomic mass is 19.1. The van der Waals surface area contributed by atoms with Gasteiger partial charge in [0.1, 0.15) is 18.2 Å². The van der Waals surface area contributed by atoms with Crippen LogP contribution in [-0.2, 0) is 17.6 Å². The summed E-state index contributed by atoms with van der Waals surface area (Å²) in [5.41, 5.74) is 1.95. The molecule has 1 atom stereocenters. The number of nitrogens with one attached hydrogen (secondary N) is 1. The highest BCUT2D eigenvalue weighted by molar-refractivity contribution is 5.79. The van der Waals surface area contributed by atoms with Gasteiger partial charge in [0.25, 0.3) is 0 Å². The number of carbonyl (C=O) groups is 1. The summed E-state index contributed by atoms with van der Waals surface area (Å²) >= 11 is 0. The first-order valence-corrected chi connectivity index (χ1v) is 7.45. The van der Waals surface area contributed by atoms with Crippen LogP contribution in [-0.4, -0.2) is 19.1 Å². The van der Waals surface area contributed by atoms with E-state index in [0.717, 1.165) is 16.9 Å². The van der Waals surface area contributed by atoms with Crippen LogP contribution in [0.1, 0.15) is 11.1 Å². The molecule has 3 rings (SSSR count). The van der Waals surface area contributed by atoms with Crippen LogP contribution in [0.4, 0.5) is 4.39 Å².